The summed E-state index contributed by atoms with van der Waals surface area (Å²) in [5, 5.41) is 1.63. The zero-order valence-electron chi connectivity index (χ0n) is 25.0. The molecule has 0 saturated carbocycles. The minimum Gasteiger partial charge on any atom is -0.488 e. The van der Waals surface area contributed by atoms with E-state index in [1.165, 1.54) is 30.3 Å². The fourth-order valence-corrected chi connectivity index (χ4v) is 4.00. The van der Waals surface area contributed by atoms with Crippen LogP contribution in [0.2, 0.25) is 0 Å². The topological polar surface area (TPSA) is 88.2 Å². The van der Waals surface area contributed by atoms with Gasteiger partial charge in [0.25, 0.3) is 5.91 Å². The summed E-state index contributed by atoms with van der Waals surface area (Å²) in [7, 11) is 0. The Morgan fingerprint density at radius 3 is 2.85 bits per heavy atom. The molecule has 0 bridgehead atoms. The van der Waals surface area contributed by atoms with Crippen molar-refractivity contribution in [3.8, 4) is 5.75 Å². The minimum atomic E-state index is -3.46. The van der Waals surface area contributed by atoms with Gasteiger partial charge >= 0.3 is 0 Å². The highest BCUT2D eigenvalue weighted by molar-refractivity contribution is 6.05. The van der Waals surface area contributed by atoms with Crippen molar-refractivity contribution in [3.63, 3.8) is 0 Å². The minimum absolute atomic E-state index is 0.0154. The lowest BCUT2D eigenvalue weighted by Crippen LogP contribution is -2.52. The van der Waals surface area contributed by atoms with Gasteiger partial charge in [0.05, 0.1) is 23.9 Å². The molecule has 3 aliphatic heterocycles. The van der Waals surface area contributed by atoms with Gasteiger partial charge in [0.15, 0.2) is 0 Å². The Balaban J connectivity index is 1.42. The highest BCUT2D eigenvalue weighted by Gasteiger charge is 2.40. The Morgan fingerprint density at radius 1 is 1.24 bits per heavy atom. The molecule has 178 valence electrons. The van der Waals surface area contributed by atoms with Gasteiger partial charge in [-0.25, -0.2) is 4.39 Å². The van der Waals surface area contributed by atoms with Crippen LogP contribution in [0, 0.1) is 5.82 Å². The third-order valence-corrected chi connectivity index (χ3v) is 5.75. The summed E-state index contributed by atoms with van der Waals surface area (Å²) < 4.78 is 83.8. The monoisotopic (exact) mass is 474 g/mol. The van der Waals surface area contributed by atoms with Gasteiger partial charge < -0.3 is 14.4 Å². The number of benzene rings is 2. The summed E-state index contributed by atoms with van der Waals surface area (Å²) in [6.45, 7) is -0.402. The van der Waals surface area contributed by atoms with Gasteiger partial charge in [-0.1, -0.05) is 18.2 Å². The normalized spacial score (nSPS) is 29.5. The van der Waals surface area contributed by atoms with Crippen molar-refractivity contribution in [3.05, 3.63) is 64.5 Å². The number of rotatable bonds is 6. The zero-order valence-corrected chi connectivity index (χ0v) is 18.0. The molecule has 1 atom stereocenters. The first kappa shape index (κ1) is 15.6. The number of amides is 3. The van der Waals surface area contributed by atoms with Crippen molar-refractivity contribution in [2.45, 2.75) is 38.4 Å². The second kappa shape index (κ2) is 9.52. The molecule has 0 radical (unpaired) electrons. The summed E-state index contributed by atoms with van der Waals surface area (Å²) in [5.41, 5.74) is 0.0595. The number of hydrogen-bond donors (Lipinski definition) is 1. The Labute approximate surface area is 206 Å². The fourth-order valence-electron chi connectivity index (χ4n) is 4.00. The summed E-state index contributed by atoms with van der Waals surface area (Å²) >= 11 is 0. The van der Waals surface area contributed by atoms with Crippen molar-refractivity contribution in [1.82, 2.24) is 15.1 Å². The Bertz CT molecular complexity index is 1440. The highest BCUT2D eigenvalue weighted by Crippen LogP contribution is 2.34. The van der Waals surface area contributed by atoms with E-state index in [1.54, 1.807) is 11.4 Å². The fraction of sp³-hybridized carbons (Fsp3) is 0.400. The summed E-state index contributed by atoms with van der Waals surface area (Å²) in [5.74, 6) is -5.20. The van der Waals surface area contributed by atoms with Crippen LogP contribution in [0.3, 0.4) is 0 Å². The maximum atomic E-state index is 15.1. The van der Waals surface area contributed by atoms with E-state index in [-0.39, 0.29) is 16.9 Å². The molecule has 3 amide bonds. The number of piperidine rings is 1. The SMILES string of the molecule is [2H]C([2H])(Oc1cccc2c1CN([C@]1([2H])C(=O)NC(=O)C([2H])([2H])C1([2H])[2H])C2=O)c1ccc(CN2CCOCC2)cc1F. The number of fused-ring (bicyclic) bond motifs is 1. The maximum absolute atomic E-state index is 15.1. The summed E-state index contributed by atoms with van der Waals surface area (Å²) in [6, 6.07) is 4.80. The molecule has 3 heterocycles. The predicted molar refractivity (Wildman–Crippen MR) is 119 cm³/mol. The van der Waals surface area contributed by atoms with E-state index in [9.17, 15) is 14.4 Å². The molecule has 1 N–H and O–H groups in total. The van der Waals surface area contributed by atoms with Crippen LogP contribution in [-0.4, -0.2) is 59.8 Å². The van der Waals surface area contributed by atoms with Gasteiger partial charge in [0, 0.05) is 48.2 Å². The molecule has 0 aromatic heterocycles. The number of hydrogen-bond acceptors (Lipinski definition) is 6. The molecular formula is C25H26FN3O5. The van der Waals surface area contributed by atoms with Crippen LogP contribution in [0.15, 0.2) is 36.4 Å². The van der Waals surface area contributed by atoms with E-state index < -0.39 is 61.0 Å². The number of morpholine rings is 1. The predicted octanol–water partition coefficient (Wildman–Crippen LogP) is 2.00. The van der Waals surface area contributed by atoms with Crippen molar-refractivity contribution in [2.24, 2.45) is 0 Å². The van der Waals surface area contributed by atoms with Gasteiger partial charge in [0.1, 0.15) is 24.1 Å². The van der Waals surface area contributed by atoms with E-state index in [2.05, 4.69) is 4.90 Å². The van der Waals surface area contributed by atoms with Gasteiger partial charge in [-0.2, -0.15) is 0 Å². The van der Waals surface area contributed by atoms with Crippen LogP contribution >= 0.6 is 0 Å². The third-order valence-electron chi connectivity index (χ3n) is 5.75. The first-order valence-electron chi connectivity index (χ1n) is 14.2. The second-order valence-electron chi connectivity index (χ2n) is 7.96. The number of ether oxygens (including phenoxy) is 2. The first-order chi connectivity index (χ1) is 19.1. The number of carbonyl (C=O) groups excluding carboxylic acids is 3. The van der Waals surface area contributed by atoms with Crippen molar-refractivity contribution in [1.29, 1.82) is 0 Å². The van der Waals surface area contributed by atoms with Gasteiger partial charge in [-0.3, -0.25) is 24.6 Å². The van der Waals surface area contributed by atoms with Gasteiger partial charge in [-0.05, 0) is 30.1 Å². The maximum Gasteiger partial charge on any atom is 0.255 e. The van der Waals surface area contributed by atoms with E-state index in [0.29, 0.717) is 43.3 Å². The lowest BCUT2D eigenvalue weighted by atomic mass is 10.0. The largest absolute Gasteiger partial charge is 0.488 e. The molecule has 2 fully saturated rings. The van der Waals surface area contributed by atoms with Crippen molar-refractivity contribution >= 4 is 17.7 Å². The van der Waals surface area contributed by atoms with Crippen LogP contribution < -0.4 is 10.1 Å². The number of halogens is 1. The van der Waals surface area contributed by atoms with Crippen LogP contribution in [0.1, 0.15) is 49.4 Å². The molecule has 2 aromatic rings. The molecule has 2 aromatic carbocycles. The highest BCUT2D eigenvalue weighted by atomic mass is 19.1. The molecule has 3 aliphatic rings. The van der Waals surface area contributed by atoms with Gasteiger partial charge in [0.2, 0.25) is 11.8 Å². The molecule has 0 spiro atoms. The van der Waals surface area contributed by atoms with E-state index >= 15 is 4.39 Å². The first-order valence-corrected chi connectivity index (χ1v) is 10.7. The molecule has 34 heavy (non-hydrogen) atoms. The number of imide groups is 1. The van der Waals surface area contributed by atoms with Crippen molar-refractivity contribution in [2.75, 3.05) is 26.3 Å². The Hall–Kier alpha value is -3.30. The quantitative estimate of drug-likeness (QED) is 0.645. The Kier molecular flexibility index (Phi) is 4.36. The smallest absolute Gasteiger partial charge is 0.255 e. The van der Waals surface area contributed by atoms with Crippen LogP contribution in [0.25, 0.3) is 0 Å². The molecule has 0 aliphatic carbocycles. The average Bonchev–Trinajstić information content (AvgIpc) is 3.25. The van der Waals surface area contributed by atoms with Crippen LogP contribution in [0.5, 0.6) is 5.75 Å². The second-order valence-corrected chi connectivity index (χ2v) is 7.96. The van der Waals surface area contributed by atoms with Crippen molar-refractivity contribution < 1.29 is 37.8 Å². The molecule has 2 saturated heterocycles. The van der Waals surface area contributed by atoms with E-state index in [4.69, 9.17) is 19.1 Å². The Morgan fingerprint density at radius 2 is 2.06 bits per heavy atom. The molecule has 0 unspecified atom stereocenters. The number of nitrogens with zero attached hydrogens (tertiary/aromatic N) is 2. The molecule has 9 heteroatoms. The van der Waals surface area contributed by atoms with E-state index in [0.717, 1.165) is 0 Å². The molecule has 8 nitrogen and oxygen atoms in total. The zero-order chi connectivity index (χ0) is 30.0. The third kappa shape index (κ3) is 4.53. The number of nitrogens with one attached hydrogen (secondary N) is 1. The van der Waals surface area contributed by atoms with Gasteiger partial charge in [-0.15, -0.1) is 0 Å². The summed E-state index contributed by atoms with van der Waals surface area (Å²) in [6.07, 6.45) is -6.79. The lowest BCUT2D eigenvalue weighted by Gasteiger charge is -2.29. The summed E-state index contributed by atoms with van der Waals surface area (Å²) in [4.78, 5) is 40.6. The lowest BCUT2D eigenvalue weighted by molar-refractivity contribution is -0.136. The van der Waals surface area contributed by atoms with Crippen LogP contribution in [0.4, 0.5) is 4.39 Å². The number of carbonyl (C=O) groups is 3. The van der Waals surface area contributed by atoms with Crippen LogP contribution in [-0.2, 0) is 34.0 Å². The standard InChI is InChI=1S/C25H26FN3O5/c26-20-12-16(13-28-8-10-33-11-9-28)4-5-17(20)15-34-22-3-1-2-18-19(22)14-29(25(18)32)21-6-7-23(30)27-24(21)31/h1-5,12,21H,6-11,13-15H2,(H,27,30,31)/t21-/m0/s1/i6D2,7D2,15D2,21D. The molecule has 5 rings (SSSR count). The molecular weight excluding hydrogens is 441 g/mol. The average molecular weight is 475 g/mol. The van der Waals surface area contributed by atoms with E-state index in [1.807, 2.05) is 0 Å².